The van der Waals surface area contributed by atoms with Crippen LogP contribution in [-0.4, -0.2) is 6.61 Å². The molecule has 0 aliphatic heterocycles. The third-order valence-corrected chi connectivity index (χ3v) is 3.76. The highest BCUT2D eigenvalue weighted by Crippen LogP contribution is 2.26. The predicted octanol–water partition coefficient (Wildman–Crippen LogP) is 5.36. The van der Waals surface area contributed by atoms with Gasteiger partial charge in [0.25, 0.3) is 0 Å². The predicted molar refractivity (Wildman–Crippen MR) is 90.5 cm³/mol. The fourth-order valence-electron chi connectivity index (χ4n) is 2.04. The minimum atomic E-state index is 0.669. The first-order valence-electron chi connectivity index (χ1n) is 7.32. The van der Waals surface area contributed by atoms with Crippen molar-refractivity contribution >= 4 is 17.3 Å². The quantitative estimate of drug-likeness (QED) is 0.776. The molecule has 3 heteroatoms. The van der Waals surface area contributed by atoms with E-state index in [1.54, 1.807) is 0 Å². The fourth-order valence-corrected chi connectivity index (χ4v) is 2.30. The van der Waals surface area contributed by atoms with Gasteiger partial charge in [-0.05, 0) is 61.2 Å². The van der Waals surface area contributed by atoms with Crippen LogP contribution in [0.4, 0.5) is 5.69 Å². The SMILES string of the molecule is CCCOc1ccc(CNc2ccc(C)c(C)c2)cc1Cl. The van der Waals surface area contributed by atoms with Gasteiger partial charge in [-0.25, -0.2) is 0 Å². The monoisotopic (exact) mass is 303 g/mol. The molecule has 0 radical (unpaired) electrons. The standard InChI is InChI=1S/C18H22ClNO/c1-4-9-21-18-8-6-15(11-17(18)19)12-20-16-7-5-13(2)14(3)10-16/h5-8,10-11,20H,4,9,12H2,1-3H3. The molecule has 2 rings (SSSR count). The van der Waals surface area contributed by atoms with Crippen molar-refractivity contribution in [2.75, 3.05) is 11.9 Å². The van der Waals surface area contributed by atoms with Crippen molar-refractivity contribution < 1.29 is 4.74 Å². The number of anilines is 1. The van der Waals surface area contributed by atoms with Crippen molar-refractivity contribution in [1.82, 2.24) is 0 Å². The maximum absolute atomic E-state index is 6.24. The van der Waals surface area contributed by atoms with E-state index in [0.29, 0.717) is 11.6 Å². The first-order chi connectivity index (χ1) is 10.1. The van der Waals surface area contributed by atoms with Gasteiger partial charge in [0.15, 0.2) is 0 Å². The van der Waals surface area contributed by atoms with Crippen LogP contribution in [0, 0.1) is 13.8 Å². The van der Waals surface area contributed by atoms with E-state index in [9.17, 15) is 0 Å². The number of halogens is 1. The van der Waals surface area contributed by atoms with Gasteiger partial charge in [-0.3, -0.25) is 0 Å². The average molecular weight is 304 g/mol. The van der Waals surface area contributed by atoms with Crippen LogP contribution in [0.1, 0.15) is 30.0 Å². The van der Waals surface area contributed by atoms with Gasteiger partial charge >= 0.3 is 0 Å². The summed E-state index contributed by atoms with van der Waals surface area (Å²) in [6.07, 6.45) is 0.979. The molecule has 0 atom stereocenters. The van der Waals surface area contributed by atoms with Crippen molar-refractivity contribution in [2.45, 2.75) is 33.7 Å². The van der Waals surface area contributed by atoms with Gasteiger partial charge in [0.2, 0.25) is 0 Å². The molecule has 2 aromatic carbocycles. The third kappa shape index (κ3) is 4.40. The molecule has 0 spiro atoms. The Morgan fingerprint density at radius 1 is 1.05 bits per heavy atom. The molecule has 0 unspecified atom stereocenters. The molecule has 0 aliphatic carbocycles. The highest BCUT2D eigenvalue weighted by atomic mass is 35.5. The Bertz CT molecular complexity index is 610. The topological polar surface area (TPSA) is 21.3 Å². The lowest BCUT2D eigenvalue weighted by atomic mass is 10.1. The first-order valence-corrected chi connectivity index (χ1v) is 7.70. The molecular formula is C18H22ClNO. The summed E-state index contributed by atoms with van der Waals surface area (Å²) in [6, 6.07) is 12.3. The summed E-state index contributed by atoms with van der Waals surface area (Å²) in [4.78, 5) is 0. The number of hydrogen-bond acceptors (Lipinski definition) is 2. The van der Waals surface area contributed by atoms with Gasteiger partial charge in [0.1, 0.15) is 5.75 Å². The molecule has 0 saturated heterocycles. The average Bonchev–Trinajstić information content (AvgIpc) is 2.47. The highest BCUT2D eigenvalue weighted by Gasteiger charge is 2.03. The van der Waals surface area contributed by atoms with Crippen LogP contribution in [0.15, 0.2) is 36.4 Å². The maximum Gasteiger partial charge on any atom is 0.137 e. The van der Waals surface area contributed by atoms with Crippen LogP contribution >= 0.6 is 11.6 Å². The second-order valence-electron chi connectivity index (χ2n) is 5.27. The van der Waals surface area contributed by atoms with Crippen molar-refractivity contribution in [3.63, 3.8) is 0 Å². The van der Waals surface area contributed by atoms with Crippen molar-refractivity contribution in [1.29, 1.82) is 0 Å². The van der Waals surface area contributed by atoms with Crippen LogP contribution in [0.3, 0.4) is 0 Å². The first kappa shape index (κ1) is 15.7. The van der Waals surface area contributed by atoms with Gasteiger partial charge in [0.05, 0.1) is 11.6 Å². The molecule has 0 heterocycles. The molecular weight excluding hydrogens is 282 g/mol. The largest absolute Gasteiger partial charge is 0.492 e. The van der Waals surface area contributed by atoms with Crippen molar-refractivity contribution in [2.24, 2.45) is 0 Å². The summed E-state index contributed by atoms with van der Waals surface area (Å²) in [5.41, 5.74) is 4.87. The third-order valence-electron chi connectivity index (χ3n) is 3.46. The molecule has 0 bridgehead atoms. The van der Waals surface area contributed by atoms with Crippen LogP contribution < -0.4 is 10.1 Å². The molecule has 1 N–H and O–H groups in total. The Kier molecular flexibility index (Phi) is 5.51. The summed E-state index contributed by atoms with van der Waals surface area (Å²) in [5, 5.41) is 4.09. The Balaban J connectivity index is 1.99. The highest BCUT2D eigenvalue weighted by molar-refractivity contribution is 6.32. The lowest BCUT2D eigenvalue weighted by Crippen LogP contribution is -2.01. The van der Waals surface area contributed by atoms with Crippen LogP contribution in [0.25, 0.3) is 0 Å². The minimum absolute atomic E-state index is 0.669. The second kappa shape index (κ2) is 7.37. The van der Waals surface area contributed by atoms with Crippen molar-refractivity contribution in [3.8, 4) is 5.75 Å². The second-order valence-corrected chi connectivity index (χ2v) is 5.67. The van der Waals surface area contributed by atoms with Gasteiger partial charge < -0.3 is 10.1 Å². The molecule has 0 aromatic heterocycles. The summed E-state index contributed by atoms with van der Waals surface area (Å²) < 4.78 is 5.58. The van der Waals surface area contributed by atoms with Crippen LogP contribution in [0.5, 0.6) is 5.75 Å². The Morgan fingerprint density at radius 2 is 1.86 bits per heavy atom. The number of nitrogens with one attached hydrogen (secondary N) is 1. The van der Waals surface area contributed by atoms with Gasteiger partial charge in [0, 0.05) is 12.2 Å². The van der Waals surface area contributed by atoms with Gasteiger partial charge in [-0.2, -0.15) is 0 Å². The lowest BCUT2D eigenvalue weighted by molar-refractivity contribution is 0.317. The van der Waals surface area contributed by atoms with E-state index < -0.39 is 0 Å². The van der Waals surface area contributed by atoms with E-state index in [-0.39, 0.29) is 0 Å². The summed E-state index contributed by atoms with van der Waals surface area (Å²) in [6.45, 7) is 7.76. The molecule has 2 nitrogen and oxygen atoms in total. The number of aryl methyl sites for hydroxylation is 2. The lowest BCUT2D eigenvalue weighted by Gasteiger charge is -2.11. The zero-order valence-electron chi connectivity index (χ0n) is 12.9. The molecule has 0 aliphatic rings. The molecule has 0 saturated carbocycles. The van der Waals surface area contributed by atoms with E-state index in [4.69, 9.17) is 16.3 Å². The zero-order valence-corrected chi connectivity index (χ0v) is 13.6. The van der Waals surface area contributed by atoms with Gasteiger partial charge in [-0.15, -0.1) is 0 Å². The Morgan fingerprint density at radius 3 is 2.52 bits per heavy atom. The molecule has 0 fully saturated rings. The Hall–Kier alpha value is -1.67. The van der Waals surface area contributed by atoms with E-state index >= 15 is 0 Å². The number of benzene rings is 2. The normalized spacial score (nSPS) is 10.5. The maximum atomic E-state index is 6.24. The summed E-state index contributed by atoms with van der Waals surface area (Å²) in [7, 11) is 0. The molecule has 2 aromatic rings. The minimum Gasteiger partial charge on any atom is -0.492 e. The molecule has 0 amide bonds. The summed E-state index contributed by atoms with van der Waals surface area (Å²) >= 11 is 6.24. The van der Waals surface area contributed by atoms with Crippen LogP contribution in [-0.2, 0) is 6.54 Å². The smallest absolute Gasteiger partial charge is 0.137 e. The fraction of sp³-hybridized carbons (Fsp3) is 0.333. The van der Waals surface area contributed by atoms with Crippen LogP contribution in [0.2, 0.25) is 5.02 Å². The van der Waals surface area contributed by atoms with Crippen molar-refractivity contribution in [3.05, 3.63) is 58.1 Å². The van der Waals surface area contributed by atoms with Gasteiger partial charge in [-0.1, -0.05) is 30.7 Å². The molecule has 21 heavy (non-hydrogen) atoms. The summed E-state index contributed by atoms with van der Waals surface area (Å²) in [5.74, 6) is 0.758. The van der Waals surface area contributed by atoms with E-state index in [2.05, 4.69) is 44.3 Å². The molecule has 112 valence electrons. The number of ether oxygens (including phenoxy) is 1. The zero-order chi connectivity index (χ0) is 15.2. The van der Waals surface area contributed by atoms with E-state index in [1.165, 1.54) is 11.1 Å². The number of rotatable bonds is 6. The number of hydrogen-bond donors (Lipinski definition) is 1. The Labute approximate surface area is 132 Å². The van der Waals surface area contributed by atoms with E-state index in [0.717, 1.165) is 30.0 Å². The van der Waals surface area contributed by atoms with E-state index in [1.807, 2.05) is 18.2 Å².